The quantitative estimate of drug-likeness (QED) is 0.839. The molecule has 2 heteroatoms. The second-order valence-electron chi connectivity index (χ2n) is 8.48. The van der Waals surface area contributed by atoms with E-state index in [0.29, 0.717) is 0 Å². The van der Waals surface area contributed by atoms with Gasteiger partial charge >= 0.3 is 0 Å². The van der Waals surface area contributed by atoms with Crippen molar-refractivity contribution in [2.75, 3.05) is 6.54 Å². The molecule has 4 rings (SSSR count). The summed E-state index contributed by atoms with van der Waals surface area (Å²) in [4.78, 5) is 3.01. The Morgan fingerprint density at radius 3 is 2.24 bits per heavy atom. The zero-order valence-electron chi connectivity index (χ0n) is 13.9. The Morgan fingerprint density at radius 2 is 1.67 bits per heavy atom. The van der Waals surface area contributed by atoms with E-state index in [0.717, 1.165) is 29.6 Å². The number of rotatable bonds is 4. The van der Waals surface area contributed by atoms with Crippen molar-refractivity contribution in [2.24, 2.45) is 5.41 Å². The Hall–Kier alpha value is -0.0800. The molecule has 3 unspecified atom stereocenters. The van der Waals surface area contributed by atoms with Crippen molar-refractivity contribution in [3.63, 3.8) is 0 Å². The highest BCUT2D eigenvalue weighted by molar-refractivity contribution is 5.06. The molecule has 0 aromatic heterocycles. The van der Waals surface area contributed by atoms with Crippen LogP contribution >= 0.6 is 0 Å². The Kier molecular flexibility index (Phi) is 4.04. The first-order valence-electron chi connectivity index (χ1n) is 9.82. The average Bonchev–Trinajstić information content (AvgIpc) is 2.85. The SMILES string of the molecule is CCCN(C1CC2CCC(C1)N2)C1CCC12CCCCC2. The number of piperidine rings is 1. The van der Waals surface area contributed by atoms with Gasteiger partial charge in [0.1, 0.15) is 0 Å². The summed E-state index contributed by atoms with van der Waals surface area (Å²) in [5.41, 5.74) is 0.747. The van der Waals surface area contributed by atoms with Crippen LogP contribution < -0.4 is 5.32 Å². The molecule has 1 N–H and O–H groups in total. The number of hydrogen-bond donors (Lipinski definition) is 1. The molecule has 3 atom stereocenters. The fourth-order valence-electron chi connectivity index (χ4n) is 6.19. The Labute approximate surface area is 131 Å². The number of nitrogens with zero attached hydrogens (tertiary/aromatic N) is 1. The first-order chi connectivity index (χ1) is 10.3. The molecule has 0 radical (unpaired) electrons. The zero-order chi connectivity index (χ0) is 14.3. The summed E-state index contributed by atoms with van der Waals surface area (Å²) in [6.45, 7) is 3.74. The summed E-state index contributed by atoms with van der Waals surface area (Å²) < 4.78 is 0. The topological polar surface area (TPSA) is 15.3 Å². The maximum Gasteiger partial charge on any atom is 0.0155 e. The highest BCUT2D eigenvalue weighted by Crippen LogP contribution is 2.54. The molecule has 2 aliphatic heterocycles. The molecule has 4 aliphatic rings. The Morgan fingerprint density at radius 1 is 0.952 bits per heavy atom. The Balaban J connectivity index is 1.49. The Bertz CT molecular complexity index is 349. The second kappa shape index (κ2) is 5.85. The van der Waals surface area contributed by atoms with Crippen LogP contribution in [0.3, 0.4) is 0 Å². The predicted molar refractivity (Wildman–Crippen MR) is 88.5 cm³/mol. The van der Waals surface area contributed by atoms with E-state index < -0.39 is 0 Å². The summed E-state index contributed by atoms with van der Waals surface area (Å²) in [6.07, 6.45) is 17.7. The van der Waals surface area contributed by atoms with Crippen LogP contribution in [0.1, 0.15) is 84.0 Å². The molecular weight excluding hydrogens is 256 g/mol. The van der Waals surface area contributed by atoms with Crippen molar-refractivity contribution in [2.45, 2.75) is 108 Å². The lowest BCUT2D eigenvalue weighted by molar-refractivity contribution is -0.0778. The number of nitrogens with one attached hydrogen (secondary N) is 1. The van der Waals surface area contributed by atoms with E-state index in [1.807, 2.05) is 0 Å². The van der Waals surface area contributed by atoms with Crippen molar-refractivity contribution in [3.05, 3.63) is 0 Å². The van der Waals surface area contributed by atoms with Gasteiger partial charge in [-0.15, -0.1) is 0 Å². The van der Waals surface area contributed by atoms with Crippen LogP contribution in [-0.4, -0.2) is 35.6 Å². The van der Waals surface area contributed by atoms with E-state index in [4.69, 9.17) is 0 Å². The maximum atomic E-state index is 3.84. The fraction of sp³-hybridized carbons (Fsp3) is 1.00. The second-order valence-corrected chi connectivity index (χ2v) is 8.48. The molecule has 21 heavy (non-hydrogen) atoms. The molecule has 0 aromatic carbocycles. The minimum absolute atomic E-state index is 0.747. The van der Waals surface area contributed by atoms with Crippen LogP contribution in [0.2, 0.25) is 0 Å². The average molecular weight is 290 g/mol. The molecule has 1 spiro atoms. The molecule has 2 nitrogen and oxygen atoms in total. The van der Waals surface area contributed by atoms with Gasteiger partial charge in [0.25, 0.3) is 0 Å². The van der Waals surface area contributed by atoms with Gasteiger partial charge in [-0.1, -0.05) is 26.2 Å². The molecule has 120 valence electrons. The maximum absolute atomic E-state index is 3.84. The molecular formula is C19H34N2. The van der Waals surface area contributed by atoms with Crippen molar-refractivity contribution >= 4 is 0 Å². The van der Waals surface area contributed by atoms with Gasteiger partial charge in [0.2, 0.25) is 0 Å². The van der Waals surface area contributed by atoms with Crippen molar-refractivity contribution in [3.8, 4) is 0 Å². The molecule has 2 bridgehead atoms. The van der Waals surface area contributed by atoms with Crippen molar-refractivity contribution in [1.29, 1.82) is 0 Å². The van der Waals surface area contributed by atoms with E-state index in [-0.39, 0.29) is 0 Å². The third kappa shape index (κ3) is 2.57. The van der Waals surface area contributed by atoms with Crippen LogP contribution in [-0.2, 0) is 0 Å². The summed E-state index contributed by atoms with van der Waals surface area (Å²) >= 11 is 0. The lowest BCUT2D eigenvalue weighted by Crippen LogP contribution is -2.61. The van der Waals surface area contributed by atoms with Gasteiger partial charge < -0.3 is 5.32 Å². The van der Waals surface area contributed by atoms with Gasteiger partial charge in [0.15, 0.2) is 0 Å². The minimum Gasteiger partial charge on any atom is -0.311 e. The first kappa shape index (κ1) is 14.5. The molecule has 2 heterocycles. The molecule has 4 fully saturated rings. The van der Waals surface area contributed by atoms with E-state index in [9.17, 15) is 0 Å². The van der Waals surface area contributed by atoms with Crippen LogP contribution in [0, 0.1) is 5.41 Å². The summed E-state index contributed by atoms with van der Waals surface area (Å²) in [5, 5.41) is 3.84. The number of fused-ring (bicyclic) bond motifs is 2. The molecule has 2 saturated heterocycles. The van der Waals surface area contributed by atoms with E-state index in [2.05, 4.69) is 17.1 Å². The van der Waals surface area contributed by atoms with Crippen LogP contribution in [0.15, 0.2) is 0 Å². The van der Waals surface area contributed by atoms with E-state index >= 15 is 0 Å². The highest BCUT2D eigenvalue weighted by atomic mass is 15.2. The third-order valence-corrected chi connectivity index (χ3v) is 7.27. The molecule has 2 saturated carbocycles. The third-order valence-electron chi connectivity index (χ3n) is 7.27. The van der Waals surface area contributed by atoms with Gasteiger partial charge in [-0.05, 0) is 69.7 Å². The smallest absolute Gasteiger partial charge is 0.0155 e. The number of hydrogen-bond acceptors (Lipinski definition) is 2. The van der Waals surface area contributed by atoms with E-state index in [1.54, 1.807) is 0 Å². The minimum atomic E-state index is 0.747. The molecule has 2 aliphatic carbocycles. The summed E-state index contributed by atoms with van der Waals surface area (Å²) in [7, 11) is 0. The first-order valence-corrected chi connectivity index (χ1v) is 9.82. The van der Waals surface area contributed by atoms with Gasteiger partial charge in [-0.3, -0.25) is 4.90 Å². The summed E-state index contributed by atoms with van der Waals surface area (Å²) in [6, 6.07) is 3.53. The van der Waals surface area contributed by atoms with Gasteiger partial charge in [-0.2, -0.15) is 0 Å². The lowest BCUT2D eigenvalue weighted by Gasteiger charge is -2.59. The van der Waals surface area contributed by atoms with Gasteiger partial charge in [-0.25, -0.2) is 0 Å². The van der Waals surface area contributed by atoms with Gasteiger partial charge in [0, 0.05) is 24.2 Å². The highest BCUT2D eigenvalue weighted by Gasteiger charge is 2.51. The standard InChI is InChI=1S/C19H34N2/c1-2-12-21(17-13-15-6-7-16(14-17)20-15)18-8-11-19(18)9-4-3-5-10-19/h15-18,20H,2-14H2,1H3. The van der Waals surface area contributed by atoms with Crippen LogP contribution in [0.25, 0.3) is 0 Å². The monoisotopic (exact) mass is 290 g/mol. The van der Waals surface area contributed by atoms with Crippen molar-refractivity contribution in [1.82, 2.24) is 10.2 Å². The molecule has 0 aromatic rings. The predicted octanol–water partition coefficient (Wildman–Crippen LogP) is 4.09. The fourth-order valence-corrected chi connectivity index (χ4v) is 6.19. The summed E-state index contributed by atoms with van der Waals surface area (Å²) in [5.74, 6) is 0. The van der Waals surface area contributed by atoms with E-state index in [1.165, 1.54) is 83.6 Å². The zero-order valence-corrected chi connectivity index (χ0v) is 13.9. The van der Waals surface area contributed by atoms with Crippen LogP contribution in [0.5, 0.6) is 0 Å². The normalized spacial score (nSPS) is 41.4. The van der Waals surface area contributed by atoms with Crippen LogP contribution in [0.4, 0.5) is 0 Å². The largest absolute Gasteiger partial charge is 0.311 e. The molecule has 0 amide bonds. The van der Waals surface area contributed by atoms with Crippen molar-refractivity contribution < 1.29 is 0 Å². The lowest BCUT2D eigenvalue weighted by atomic mass is 9.56. The van der Waals surface area contributed by atoms with Gasteiger partial charge in [0.05, 0.1) is 0 Å².